The molecule has 1 amide bonds. The second-order valence-corrected chi connectivity index (χ2v) is 10.3. The molecule has 0 bridgehead atoms. The van der Waals surface area contributed by atoms with Gasteiger partial charge < -0.3 is 4.90 Å². The lowest BCUT2D eigenvalue weighted by Crippen LogP contribution is -2.42. The normalized spacial score (nSPS) is 20.2. The molecular weight excluding hydrogens is 440 g/mol. The lowest BCUT2D eigenvalue weighted by atomic mass is 9.91. The number of sulfonamides is 1. The summed E-state index contributed by atoms with van der Waals surface area (Å²) >= 11 is 3.30. The summed E-state index contributed by atoms with van der Waals surface area (Å²) in [6.45, 7) is 6.10. The summed E-state index contributed by atoms with van der Waals surface area (Å²) in [5.74, 6) is 1.07. The highest BCUT2D eigenvalue weighted by Gasteiger charge is 2.26. The second kappa shape index (κ2) is 8.76. The molecule has 0 spiro atoms. The number of amides is 1. The van der Waals surface area contributed by atoms with Gasteiger partial charge in [0.1, 0.15) is 0 Å². The fraction of sp³-hybridized carbons (Fsp3) is 0.381. The summed E-state index contributed by atoms with van der Waals surface area (Å²) in [6, 6.07) is 13.6. The molecule has 1 aliphatic heterocycles. The summed E-state index contributed by atoms with van der Waals surface area (Å²) in [6.07, 6.45) is 1.15. The first-order chi connectivity index (χ1) is 13.2. The maximum absolute atomic E-state index is 12.7. The van der Waals surface area contributed by atoms with Crippen molar-refractivity contribution in [3.8, 4) is 0 Å². The van der Waals surface area contributed by atoms with Gasteiger partial charge in [-0.25, -0.2) is 13.1 Å². The minimum atomic E-state index is -3.58. The monoisotopic (exact) mass is 464 g/mol. The zero-order valence-corrected chi connectivity index (χ0v) is 18.5. The van der Waals surface area contributed by atoms with E-state index in [0.29, 0.717) is 17.4 Å². The van der Waals surface area contributed by atoms with E-state index in [9.17, 15) is 13.2 Å². The van der Waals surface area contributed by atoms with Gasteiger partial charge in [0.05, 0.1) is 4.90 Å². The Morgan fingerprint density at radius 2 is 1.61 bits per heavy atom. The van der Waals surface area contributed by atoms with Crippen LogP contribution >= 0.6 is 15.9 Å². The van der Waals surface area contributed by atoms with Crippen LogP contribution in [-0.2, 0) is 16.6 Å². The number of benzene rings is 2. The molecule has 0 unspecified atom stereocenters. The number of hydrogen-bond acceptors (Lipinski definition) is 3. The van der Waals surface area contributed by atoms with Gasteiger partial charge in [-0.1, -0.05) is 41.9 Å². The van der Waals surface area contributed by atoms with Gasteiger partial charge in [-0.3, -0.25) is 4.79 Å². The first-order valence-electron chi connectivity index (χ1n) is 9.38. The first kappa shape index (κ1) is 21.0. The quantitative estimate of drug-likeness (QED) is 0.725. The van der Waals surface area contributed by atoms with E-state index in [1.165, 1.54) is 0 Å². The Kier molecular flexibility index (Phi) is 6.58. The van der Waals surface area contributed by atoms with Crippen LogP contribution in [0.2, 0.25) is 0 Å². The van der Waals surface area contributed by atoms with E-state index in [1.807, 2.05) is 4.90 Å². The second-order valence-electron chi connectivity index (χ2n) is 7.63. The van der Waals surface area contributed by atoms with Gasteiger partial charge >= 0.3 is 0 Å². The van der Waals surface area contributed by atoms with Gasteiger partial charge in [0.2, 0.25) is 10.0 Å². The molecule has 150 valence electrons. The number of likely N-dealkylation sites (tertiary alicyclic amines) is 1. The maximum atomic E-state index is 12.7. The molecule has 5 nitrogen and oxygen atoms in total. The molecule has 3 rings (SSSR count). The van der Waals surface area contributed by atoms with Crippen LogP contribution in [0.4, 0.5) is 0 Å². The molecule has 0 radical (unpaired) electrons. The van der Waals surface area contributed by atoms with Crippen LogP contribution in [0.5, 0.6) is 0 Å². The summed E-state index contributed by atoms with van der Waals surface area (Å²) < 4.78 is 28.2. The van der Waals surface area contributed by atoms with Crippen molar-refractivity contribution < 1.29 is 13.2 Å². The minimum absolute atomic E-state index is 0.0420. The fourth-order valence-corrected chi connectivity index (χ4v) is 4.93. The van der Waals surface area contributed by atoms with Crippen molar-refractivity contribution in [3.63, 3.8) is 0 Å². The van der Waals surface area contributed by atoms with E-state index in [-0.39, 0.29) is 17.3 Å². The van der Waals surface area contributed by atoms with Gasteiger partial charge in [0, 0.05) is 29.7 Å². The lowest BCUT2D eigenvalue weighted by Gasteiger charge is -2.35. The molecule has 1 aliphatic rings. The van der Waals surface area contributed by atoms with E-state index in [1.54, 1.807) is 48.5 Å². The Bertz CT molecular complexity index is 917. The number of nitrogens with one attached hydrogen (secondary N) is 1. The third kappa shape index (κ3) is 5.21. The Labute approximate surface area is 175 Å². The van der Waals surface area contributed by atoms with Crippen molar-refractivity contribution in [2.24, 2.45) is 11.8 Å². The number of rotatable bonds is 5. The van der Waals surface area contributed by atoms with Crippen molar-refractivity contribution in [2.75, 3.05) is 13.1 Å². The number of carbonyl (C=O) groups is 1. The Morgan fingerprint density at radius 1 is 1.04 bits per heavy atom. The largest absolute Gasteiger partial charge is 0.338 e. The predicted octanol–water partition coefficient (Wildman–Crippen LogP) is 4.05. The van der Waals surface area contributed by atoms with Crippen molar-refractivity contribution >= 4 is 31.9 Å². The van der Waals surface area contributed by atoms with Crippen molar-refractivity contribution in [1.82, 2.24) is 9.62 Å². The van der Waals surface area contributed by atoms with Crippen LogP contribution in [0.25, 0.3) is 0 Å². The van der Waals surface area contributed by atoms with Crippen molar-refractivity contribution in [1.29, 1.82) is 0 Å². The molecule has 1 N–H and O–H groups in total. The van der Waals surface area contributed by atoms with Crippen LogP contribution in [0, 0.1) is 11.8 Å². The van der Waals surface area contributed by atoms with Crippen LogP contribution in [0.1, 0.15) is 36.2 Å². The summed E-state index contributed by atoms with van der Waals surface area (Å²) in [5, 5.41) is 0. The summed E-state index contributed by atoms with van der Waals surface area (Å²) in [5.41, 5.74) is 1.44. The highest BCUT2D eigenvalue weighted by atomic mass is 79.9. The Morgan fingerprint density at radius 3 is 2.18 bits per heavy atom. The molecule has 7 heteroatoms. The highest BCUT2D eigenvalue weighted by molar-refractivity contribution is 9.10. The van der Waals surface area contributed by atoms with E-state index >= 15 is 0 Å². The van der Waals surface area contributed by atoms with E-state index in [0.717, 1.165) is 29.5 Å². The molecule has 0 aliphatic carbocycles. The Hall–Kier alpha value is -1.70. The molecule has 2 aromatic rings. The molecule has 1 fully saturated rings. The molecule has 2 aromatic carbocycles. The van der Waals surface area contributed by atoms with Gasteiger partial charge in [0.25, 0.3) is 5.91 Å². The first-order valence-corrected chi connectivity index (χ1v) is 11.7. The predicted molar refractivity (Wildman–Crippen MR) is 113 cm³/mol. The molecule has 1 saturated heterocycles. The topological polar surface area (TPSA) is 66.5 Å². The number of halogens is 1. The van der Waals surface area contributed by atoms with Gasteiger partial charge in [-0.2, -0.15) is 0 Å². The van der Waals surface area contributed by atoms with Crippen LogP contribution in [-0.4, -0.2) is 32.3 Å². The maximum Gasteiger partial charge on any atom is 0.253 e. The average Bonchev–Trinajstić information content (AvgIpc) is 2.66. The standard InChI is InChI=1S/C21H25BrN2O3S/c1-15-11-16(2)14-24(13-15)21(25)18-5-3-17(4-6-18)12-23-28(26,27)20-9-7-19(22)8-10-20/h3-10,15-16,23H,11-14H2,1-2H3/t15-,16+. The van der Waals surface area contributed by atoms with E-state index < -0.39 is 10.0 Å². The van der Waals surface area contributed by atoms with Gasteiger partial charge in [0.15, 0.2) is 0 Å². The Balaban J connectivity index is 1.63. The molecule has 28 heavy (non-hydrogen) atoms. The molecular formula is C21H25BrN2O3S. The molecule has 0 saturated carbocycles. The van der Waals surface area contributed by atoms with E-state index in [2.05, 4.69) is 34.5 Å². The minimum Gasteiger partial charge on any atom is -0.338 e. The zero-order valence-electron chi connectivity index (χ0n) is 16.1. The summed E-state index contributed by atoms with van der Waals surface area (Å²) in [4.78, 5) is 14.9. The molecule has 1 heterocycles. The number of carbonyl (C=O) groups excluding carboxylic acids is 1. The number of piperidine rings is 1. The van der Waals surface area contributed by atoms with E-state index in [4.69, 9.17) is 0 Å². The lowest BCUT2D eigenvalue weighted by molar-refractivity contribution is 0.0623. The van der Waals surface area contributed by atoms with Gasteiger partial charge in [-0.15, -0.1) is 0 Å². The SMILES string of the molecule is C[C@@H]1C[C@H](C)CN(C(=O)c2ccc(CNS(=O)(=O)c3ccc(Br)cc3)cc2)C1. The van der Waals surface area contributed by atoms with Crippen LogP contribution in [0.15, 0.2) is 57.9 Å². The zero-order chi connectivity index (χ0) is 20.3. The van der Waals surface area contributed by atoms with Crippen molar-refractivity contribution in [2.45, 2.75) is 31.7 Å². The van der Waals surface area contributed by atoms with Crippen LogP contribution < -0.4 is 4.72 Å². The third-order valence-corrected chi connectivity index (χ3v) is 6.89. The summed E-state index contributed by atoms with van der Waals surface area (Å²) in [7, 11) is -3.58. The third-order valence-electron chi connectivity index (χ3n) is 4.95. The fourth-order valence-electron chi connectivity index (χ4n) is 3.65. The highest BCUT2D eigenvalue weighted by Crippen LogP contribution is 2.22. The smallest absolute Gasteiger partial charge is 0.253 e. The molecule has 0 aromatic heterocycles. The number of hydrogen-bond donors (Lipinski definition) is 1. The van der Waals surface area contributed by atoms with Gasteiger partial charge in [-0.05, 0) is 60.2 Å². The average molecular weight is 465 g/mol. The van der Waals surface area contributed by atoms with Crippen molar-refractivity contribution in [3.05, 3.63) is 64.1 Å². The number of nitrogens with zero attached hydrogens (tertiary/aromatic N) is 1. The molecule has 2 atom stereocenters. The van der Waals surface area contributed by atoms with Crippen LogP contribution in [0.3, 0.4) is 0 Å².